The number of carbonyl (C=O) groups excluding carboxylic acids is 1. The van der Waals surface area contributed by atoms with Gasteiger partial charge in [-0.1, -0.05) is 17.7 Å². The second-order valence-corrected chi connectivity index (χ2v) is 8.09. The number of ether oxygens (including phenoxy) is 3. The molecule has 2 aliphatic rings. The number of pyridine rings is 1. The Hall–Kier alpha value is -3.50. The Morgan fingerprint density at radius 3 is 2.74 bits per heavy atom. The summed E-state index contributed by atoms with van der Waals surface area (Å²) in [6.45, 7) is -3.38. The molecule has 7 nitrogen and oxygen atoms in total. The van der Waals surface area contributed by atoms with Gasteiger partial charge in [0.15, 0.2) is 17.2 Å². The van der Waals surface area contributed by atoms with Gasteiger partial charge in [0, 0.05) is 34.3 Å². The van der Waals surface area contributed by atoms with Crippen molar-refractivity contribution in [3.63, 3.8) is 0 Å². The number of halogens is 4. The molecule has 0 saturated heterocycles. The summed E-state index contributed by atoms with van der Waals surface area (Å²) in [4.78, 5) is 17.7. The summed E-state index contributed by atoms with van der Waals surface area (Å²) in [5, 5.41) is 2.93. The standard InChI is InChI=1S/C23H17ClF3N3O4/c1-32-15-4-2-3-14(29-15)23(9-28)20-18-12(34-23)8-6-11(24)17(18)16-10(21(31)30-20)5-7-13(19(16)25)33-22(26)27/h2-8,20,22H,9,28H2,1H3,(H,30,31)/t20-,23+/m0/s1. The fourth-order valence-electron chi connectivity index (χ4n) is 4.50. The van der Waals surface area contributed by atoms with Gasteiger partial charge in [0.1, 0.15) is 11.8 Å². The Labute approximate surface area is 196 Å². The molecule has 0 spiro atoms. The summed E-state index contributed by atoms with van der Waals surface area (Å²) < 4.78 is 57.0. The van der Waals surface area contributed by atoms with Crippen LogP contribution in [0.1, 0.15) is 27.7 Å². The van der Waals surface area contributed by atoms with Crippen molar-refractivity contribution in [1.82, 2.24) is 10.3 Å². The van der Waals surface area contributed by atoms with Crippen LogP contribution in [0.15, 0.2) is 42.5 Å². The molecule has 11 heteroatoms. The average Bonchev–Trinajstić information content (AvgIpc) is 3.07. The van der Waals surface area contributed by atoms with E-state index in [1.165, 1.54) is 19.2 Å². The maximum atomic E-state index is 15.5. The van der Waals surface area contributed by atoms with Crippen LogP contribution in [-0.4, -0.2) is 31.2 Å². The molecular weight excluding hydrogens is 475 g/mol. The summed E-state index contributed by atoms with van der Waals surface area (Å²) in [5.74, 6) is -1.95. The van der Waals surface area contributed by atoms with E-state index in [9.17, 15) is 13.6 Å². The zero-order chi connectivity index (χ0) is 24.2. The molecule has 1 aromatic heterocycles. The Kier molecular flexibility index (Phi) is 5.29. The molecule has 0 fully saturated rings. The van der Waals surface area contributed by atoms with Crippen LogP contribution in [0.5, 0.6) is 17.4 Å². The van der Waals surface area contributed by atoms with Crippen LogP contribution >= 0.6 is 11.6 Å². The first-order valence-corrected chi connectivity index (χ1v) is 10.5. The van der Waals surface area contributed by atoms with E-state index in [1.54, 1.807) is 24.3 Å². The van der Waals surface area contributed by atoms with Crippen molar-refractivity contribution >= 4 is 17.5 Å². The molecule has 0 saturated carbocycles. The highest BCUT2D eigenvalue weighted by Gasteiger charge is 2.54. The Balaban J connectivity index is 1.78. The van der Waals surface area contributed by atoms with Crippen molar-refractivity contribution in [3.05, 3.63) is 70.1 Å². The smallest absolute Gasteiger partial charge is 0.387 e. The van der Waals surface area contributed by atoms with Crippen LogP contribution < -0.4 is 25.3 Å². The van der Waals surface area contributed by atoms with Gasteiger partial charge < -0.3 is 25.3 Å². The maximum Gasteiger partial charge on any atom is 0.387 e. The van der Waals surface area contributed by atoms with Crippen LogP contribution in [0.25, 0.3) is 11.1 Å². The zero-order valence-electron chi connectivity index (χ0n) is 17.6. The quantitative estimate of drug-likeness (QED) is 0.556. The number of nitrogens with two attached hydrogens (primary N) is 1. The highest BCUT2D eigenvalue weighted by molar-refractivity contribution is 6.34. The van der Waals surface area contributed by atoms with Crippen LogP contribution in [0.4, 0.5) is 13.2 Å². The molecule has 0 radical (unpaired) electrons. The normalized spacial score (nSPS) is 20.2. The molecule has 2 aromatic carbocycles. The van der Waals surface area contributed by atoms with Crippen molar-refractivity contribution in [1.29, 1.82) is 0 Å². The molecule has 0 aliphatic carbocycles. The van der Waals surface area contributed by atoms with Gasteiger partial charge in [-0.05, 0) is 30.3 Å². The SMILES string of the molecule is COc1cccc([C@@]2(CN)Oc3ccc(Cl)c4c3[C@@H]2NC(=O)c2ccc(OC(F)F)c(F)c2-4)n1. The van der Waals surface area contributed by atoms with Gasteiger partial charge in [-0.2, -0.15) is 8.78 Å². The summed E-state index contributed by atoms with van der Waals surface area (Å²) >= 11 is 6.50. The first-order valence-electron chi connectivity index (χ1n) is 10.1. The van der Waals surface area contributed by atoms with Crippen molar-refractivity contribution in [2.75, 3.05) is 13.7 Å². The van der Waals surface area contributed by atoms with Gasteiger partial charge in [-0.3, -0.25) is 4.79 Å². The third kappa shape index (κ3) is 3.17. The number of nitrogens with zero attached hydrogens (tertiary/aromatic N) is 1. The second-order valence-electron chi connectivity index (χ2n) is 7.68. The van der Waals surface area contributed by atoms with Gasteiger partial charge in [0.2, 0.25) is 5.88 Å². The summed E-state index contributed by atoms with van der Waals surface area (Å²) in [6.07, 6.45) is 0. The first-order chi connectivity index (χ1) is 16.3. The number of hydrogen-bond donors (Lipinski definition) is 2. The van der Waals surface area contributed by atoms with Crippen LogP contribution in [0.2, 0.25) is 5.02 Å². The molecule has 0 unspecified atom stereocenters. The van der Waals surface area contributed by atoms with E-state index < -0.39 is 35.7 Å². The lowest BCUT2D eigenvalue weighted by Crippen LogP contribution is -2.49. The van der Waals surface area contributed by atoms with E-state index in [0.717, 1.165) is 6.07 Å². The number of amides is 1. The van der Waals surface area contributed by atoms with Crippen molar-refractivity contribution in [2.45, 2.75) is 18.3 Å². The molecule has 3 N–H and O–H groups in total. The topological polar surface area (TPSA) is 95.7 Å². The second kappa shape index (κ2) is 8.07. The van der Waals surface area contributed by atoms with E-state index >= 15 is 4.39 Å². The fraction of sp³-hybridized carbons (Fsp3) is 0.217. The number of aromatic nitrogens is 1. The number of methoxy groups -OCH3 is 1. The predicted octanol–water partition coefficient (Wildman–Crippen LogP) is 4.18. The summed E-state index contributed by atoms with van der Waals surface area (Å²) in [7, 11) is 1.45. The first kappa shape index (κ1) is 22.3. The average molecular weight is 492 g/mol. The van der Waals surface area contributed by atoms with Crippen LogP contribution in [0.3, 0.4) is 0 Å². The Morgan fingerprint density at radius 1 is 1.24 bits per heavy atom. The minimum Gasteiger partial charge on any atom is -0.481 e. The summed E-state index contributed by atoms with van der Waals surface area (Å²) in [5.41, 5.74) is 5.27. The minimum atomic E-state index is -3.26. The molecule has 3 aromatic rings. The number of alkyl halides is 2. The number of benzene rings is 2. The molecule has 1 amide bonds. The molecule has 2 aliphatic heterocycles. The molecule has 5 rings (SSSR count). The van der Waals surface area contributed by atoms with Crippen molar-refractivity contribution in [3.8, 4) is 28.5 Å². The van der Waals surface area contributed by atoms with E-state index in [2.05, 4.69) is 15.0 Å². The molecule has 0 bridgehead atoms. The number of nitrogens with one attached hydrogen (secondary N) is 1. The van der Waals surface area contributed by atoms with E-state index in [1.807, 2.05) is 0 Å². The number of carbonyl (C=O) groups is 1. The number of rotatable bonds is 5. The Bertz CT molecular complexity index is 1320. The van der Waals surface area contributed by atoms with Gasteiger partial charge >= 0.3 is 6.61 Å². The zero-order valence-corrected chi connectivity index (χ0v) is 18.3. The van der Waals surface area contributed by atoms with Gasteiger partial charge in [0.05, 0.1) is 18.4 Å². The van der Waals surface area contributed by atoms with Crippen LogP contribution in [0, 0.1) is 5.82 Å². The molecular formula is C23H17ClF3N3O4. The molecule has 2 atom stereocenters. The lowest BCUT2D eigenvalue weighted by Gasteiger charge is -2.33. The minimum absolute atomic E-state index is 0.0876. The third-order valence-electron chi connectivity index (χ3n) is 5.96. The number of fused-ring (bicyclic) bond motifs is 2. The van der Waals surface area contributed by atoms with E-state index in [4.69, 9.17) is 26.8 Å². The molecule has 176 valence electrons. The lowest BCUT2D eigenvalue weighted by atomic mass is 9.84. The fourth-order valence-corrected chi connectivity index (χ4v) is 4.75. The van der Waals surface area contributed by atoms with E-state index in [0.29, 0.717) is 17.1 Å². The van der Waals surface area contributed by atoms with Gasteiger partial charge in [-0.15, -0.1) is 0 Å². The predicted molar refractivity (Wildman–Crippen MR) is 116 cm³/mol. The monoisotopic (exact) mass is 491 g/mol. The van der Waals surface area contributed by atoms with Crippen molar-refractivity contribution < 1.29 is 32.2 Å². The molecule has 3 heterocycles. The largest absolute Gasteiger partial charge is 0.481 e. The highest BCUT2D eigenvalue weighted by Crippen LogP contribution is 2.56. The van der Waals surface area contributed by atoms with Gasteiger partial charge in [0.25, 0.3) is 5.91 Å². The van der Waals surface area contributed by atoms with Gasteiger partial charge in [-0.25, -0.2) is 9.37 Å². The highest BCUT2D eigenvalue weighted by atomic mass is 35.5. The maximum absolute atomic E-state index is 15.5. The number of hydrogen-bond acceptors (Lipinski definition) is 6. The summed E-state index contributed by atoms with van der Waals surface area (Å²) in [6, 6.07) is 9.29. The molecule has 34 heavy (non-hydrogen) atoms. The lowest BCUT2D eigenvalue weighted by molar-refractivity contribution is -0.0521. The van der Waals surface area contributed by atoms with Crippen LogP contribution in [-0.2, 0) is 5.60 Å². The third-order valence-corrected chi connectivity index (χ3v) is 6.28. The Morgan fingerprint density at radius 2 is 2.03 bits per heavy atom. The van der Waals surface area contributed by atoms with E-state index in [-0.39, 0.29) is 34.0 Å². The van der Waals surface area contributed by atoms with Crippen molar-refractivity contribution in [2.24, 2.45) is 5.73 Å².